The maximum Gasteiger partial charge on any atom is 0.236 e. The van der Waals surface area contributed by atoms with Gasteiger partial charge < -0.3 is 0 Å². The molecule has 4 heteroatoms. The summed E-state index contributed by atoms with van der Waals surface area (Å²) < 4.78 is 27.0. The zero-order chi connectivity index (χ0) is 21.2. The van der Waals surface area contributed by atoms with Crippen molar-refractivity contribution in [3.05, 3.63) is 69.8 Å². The minimum Gasteiger partial charge on any atom is -0.237 e. The molecular weight excluding hydrogens is 378 g/mol. The Labute approximate surface area is 173 Å². The van der Waals surface area contributed by atoms with Crippen LogP contribution in [0.5, 0.6) is 0 Å². The predicted octanol–water partition coefficient (Wildman–Crippen LogP) is 6.12. The molecular formula is C25H27NO2S. The van der Waals surface area contributed by atoms with E-state index in [1.165, 1.54) is 32.5 Å². The number of hydrogen-bond acceptors (Lipinski definition) is 2. The summed E-state index contributed by atoms with van der Waals surface area (Å²) in [5.74, 6) is 0. The van der Waals surface area contributed by atoms with Crippen LogP contribution in [-0.2, 0) is 10.0 Å². The van der Waals surface area contributed by atoms with E-state index >= 15 is 0 Å². The van der Waals surface area contributed by atoms with Crippen LogP contribution >= 0.6 is 0 Å². The minimum atomic E-state index is -3.45. The molecule has 0 aliphatic carbocycles. The molecule has 29 heavy (non-hydrogen) atoms. The lowest BCUT2D eigenvalue weighted by Gasteiger charge is -2.12. The molecule has 4 rings (SSSR count). The first-order valence-corrected chi connectivity index (χ1v) is 11.7. The van der Waals surface area contributed by atoms with Gasteiger partial charge in [0.15, 0.2) is 0 Å². The van der Waals surface area contributed by atoms with Crippen molar-refractivity contribution < 1.29 is 8.42 Å². The van der Waals surface area contributed by atoms with Gasteiger partial charge >= 0.3 is 0 Å². The smallest absolute Gasteiger partial charge is 0.236 e. The zero-order valence-electron chi connectivity index (χ0n) is 18.1. The van der Waals surface area contributed by atoms with Gasteiger partial charge in [0.25, 0.3) is 0 Å². The fourth-order valence-corrected chi connectivity index (χ4v) is 5.91. The Morgan fingerprint density at radius 2 is 1.38 bits per heavy atom. The molecule has 0 unspecified atom stereocenters. The number of aromatic nitrogens is 1. The fourth-order valence-electron chi connectivity index (χ4n) is 4.83. The molecule has 0 bridgehead atoms. The summed E-state index contributed by atoms with van der Waals surface area (Å²) in [6.45, 7) is 12.5. The second-order valence-electron chi connectivity index (χ2n) is 8.39. The molecule has 3 nitrogen and oxygen atoms in total. The van der Waals surface area contributed by atoms with Crippen molar-refractivity contribution in [3.8, 4) is 11.1 Å². The van der Waals surface area contributed by atoms with E-state index < -0.39 is 10.0 Å². The van der Waals surface area contributed by atoms with Crippen LogP contribution in [-0.4, -0.2) is 18.6 Å². The normalized spacial score (nSPS) is 12.2. The number of hydrogen-bond donors (Lipinski definition) is 0. The standard InChI is InChI=1S/C25H27NO2S/c1-14-10-16(3)23(17(4)11-14)20-8-9-22-21(13-20)24-18(5)12-15(2)19(6)25(24)26(22)29(7,27)28/h8-13H,1-7H3. The van der Waals surface area contributed by atoms with Gasteiger partial charge in [-0.25, -0.2) is 12.4 Å². The summed E-state index contributed by atoms with van der Waals surface area (Å²) in [5, 5.41) is 2.01. The molecule has 0 saturated carbocycles. The Bertz CT molecular complexity index is 1400. The topological polar surface area (TPSA) is 39.1 Å². The number of fused-ring (bicyclic) bond motifs is 3. The van der Waals surface area contributed by atoms with Gasteiger partial charge in [0.2, 0.25) is 10.0 Å². The van der Waals surface area contributed by atoms with Gasteiger partial charge in [0.05, 0.1) is 17.3 Å². The van der Waals surface area contributed by atoms with Crippen molar-refractivity contribution in [3.63, 3.8) is 0 Å². The Hall–Kier alpha value is -2.59. The van der Waals surface area contributed by atoms with Crippen molar-refractivity contribution in [1.29, 1.82) is 0 Å². The van der Waals surface area contributed by atoms with Crippen LogP contribution in [0.2, 0.25) is 0 Å². The van der Waals surface area contributed by atoms with Gasteiger partial charge in [0, 0.05) is 10.8 Å². The Morgan fingerprint density at radius 1 is 0.759 bits per heavy atom. The highest BCUT2D eigenvalue weighted by Gasteiger charge is 2.22. The number of benzene rings is 3. The second kappa shape index (κ2) is 6.46. The van der Waals surface area contributed by atoms with Gasteiger partial charge in [-0.15, -0.1) is 0 Å². The summed E-state index contributed by atoms with van der Waals surface area (Å²) in [5.41, 5.74) is 10.8. The van der Waals surface area contributed by atoms with Gasteiger partial charge in [-0.05, 0) is 92.6 Å². The minimum absolute atomic E-state index is 0.741. The van der Waals surface area contributed by atoms with E-state index in [0.717, 1.165) is 44.1 Å². The fraction of sp³-hybridized carbons (Fsp3) is 0.280. The summed E-state index contributed by atoms with van der Waals surface area (Å²) >= 11 is 0. The summed E-state index contributed by atoms with van der Waals surface area (Å²) in [7, 11) is -3.45. The van der Waals surface area contributed by atoms with Crippen LogP contribution in [0.3, 0.4) is 0 Å². The SMILES string of the molecule is Cc1cc(C)c(-c2ccc3c(c2)c2c(C)cc(C)c(C)c2n3S(C)(=O)=O)c(C)c1. The average molecular weight is 406 g/mol. The summed E-state index contributed by atoms with van der Waals surface area (Å²) in [6, 6.07) is 12.7. The molecule has 150 valence electrons. The lowest BCUT2D eigenvalue weighted by atomic mass is 9.92. The maximum atomic E-state index is 12.8. The average Bonchev–Trinajstić information content (AvgIpc) is 2.94. The van der Waals surface area contributed by atoms with E-state index in [9.17, 15) is 8.42 Å². The number of aryl methyl sites for hydroxylation is 6. The third-order valence-electron chi connectivity index (χ3n) is 6.00. The van der Waals surface area contributed by atoms with Crippen LogP contribution in [0.25, 0.3) is 32.9 Å². The first-order chi connectivity index (χ1) is 13.5. The van der Waals surface area contributed by atoms with E-state index in [-0.39, 0.29) is 0 Å². The molecule has 0 aliphatic heterocycles. The molecule has 0 saturated heterocycles. The second-order valence-corrected chi connectivity index (χ2v) is 10.2. The molecule has 0 N–H and O–H groups in total. The number of rotatable bonds is 2. The quantitative estimate of drug-likeness (QED) is 0.403. The molecule has 0 spiro atoms. The van der Waals surface area contributed by atoms with E-state index in [1.807, 2.05) is 26.0 Å². The van der Waals surface area contributed by atoms with Crippen molar-refractivity contribution in [2.45, 2.75) is 41.5 Å². The Kier molecular flexibility index (Phi) is 4.39. The highest BCUT2D eigenvalue weighted by Crippen LogP contribution is 2.39. The lowest BCUT2D eigenvalue weighted by molar-refractivity contribution is 0.596. The van der Waals surface area contributed by atoms with Crippen LogP contribution in [0.4, 0.5) is 0 Å². The Morgan fingerprint density at radius 3 is 1.97 bits per heavy atom. The van der Waals surface area contributed by atoms with Crippen molar-refractivity contribution in [2.24, 2.45) is 0 Å². The van der Waals surface area contributed by atoms with E-state index in [1.54, 1.807) is 0 Å². The Balaban J connectivity index is 2.20. The van der Waals surface area contributed by atoms with Gasteiger partial charge in [-0.1, -0.05) is 29.8 Å². The van der Waals surface area contributed by atoms with Crippen LogP contribution in [0.15, 0.2) is 36.4 Å². The lowest BCUT2D eigenvalue weighted by Crippen LogP contribution is -2.10. The van der Waals surface area contributed by atoms with Crippen molar-refractivity contribution in [2.75, 3.05) is 6.26 Å². The monoisotopic (exact) mass is 405 g/mol. The van der Waals surface area contributed by atoms with Gasteiger partial charge in [-0.2, -0.15) is 0 Å². The molecule has 0 atom stereocenters. The van der Waals surface area contributed by atoms with E-state index in [0.29, 0.717) is 0 Å². The first-order valence-electron chi connectivity index (χ1n) is 9.84. The molecule has 3 aromatic carbocycles. The predicted molar refractivity (Wildman–Crippen MR) is 124 cm³/mol. The molecule has 4 aromatic rings. The van der Waals surface area contributed by atoms with E-state index in [4.69, 9.17) is 0 Å². The largest absolute Gasteiger partial charge is 0.237 e. The first kappa shape index (κ1) is 19.7. The van der Waals surface area contributed by atoms with Crippen LogP contribution < -0.4 is 0 Å². The number of nitrogens with zero attached hydrogens (tertiary/aromatic N) is 1. The van der Waals surface area contributed by atoms with Crippen molar-refractivity contribution in [1.82, 2.24) is 3.97 Å². The molecule has 0 fully saturated rings. The zero-order valence-corrected chi connectivity index (χ0v) is 19.0. The van der Waals surface area contributed by atoms with Crippen LogP contribution in [0.1, 0.15) is 33.4 Å². The maximum absolute atomic E-state index is 12.8. The van der Waals surface area contributed by atoms with Gasteiger partial charge in [0.1, 0.15) is 0 Å². The third kappa shape index (κ3) is 2.98. The molecule has 0 radical (unpaired) electrons. The van der Waals surface area contributed by atoms with Crippen molar-refractivity contribution >= 4 is 31.8 Å². The summed E-state index contributed by atoms with van der Waals surface area (Å²) in [4.78, 5) is 0. The van der Waals surface area contributed by atoms with E-state index in [2.05, 4.69) is 52.0 Å². The highest BCUT2D eigenvalue weighted by atomic mass is 32.2. The molecule has 0 amide bonds. The van der Waals surface area contributed by atoms with Gasteiger partial charge in [-0.3, -0.25) is 0 Å². The molecule has 1 aromatic heterocycles. The third-order valence-corrected chi connectivity index (χ3v) is 7.04. The van der Waals surface area contributed by atoms with Crippen LogP contribution in [0, 0.1) is 41.5 Å². The molecule has 0 aliphatic rings. The molecule has 1 heterocycles. The highest BCUT2D eigenvalue weighted by molar-refractivity contribution is 7.89. The summed E-state index contributed by atoms with van der Waals surface area (Å²) in [6.07, 6.45) is 1.28.